The molecular formula is C7H13N3. The molecule has 0 radical (unpaired) electrons. The molecule has 0 aromatic carbocycles. The zero-order valence-electron chi connectivity index (χ0n) is 6.63. The van der Waals surface area contributed by atoms with Gasteiger partial charge < -0.3 is 5.43 Å². The van der Waals surface area contributed by atoms with Gasteiger partial charge in [-0.25, -0.2) is 4.98 Å². The summed E-state index contributed by atoms with van der Waals surface area (Å²) >= 11 is 0. The number of aromatic nitrogens is 2. The van der Waals surface area contributed by atoms with Crippen molar-refractivity contribution in [1.82, 2.24) is 9.66 Å². The Kier molecular flexibility index (Phi) is 1.66. The van der Waals surface area contributed by atoms with E-state index in [4.69, 9.17) is 0 Å². The van der Waals surface area contributed by atoms with Crippen LogP contribution in [0.2, 0.25) is 0 Å². The summed E-state index contributed by atoms with van der Waals surface area (Å²) in [6.07, 6.45) is 5.37. The van der Waals surface area contributed by atoms with Crippen LogP contribution < -0.4 is 5.43 Å². The first-order chi connectivity index (χ1) is 4.58. The topological polar surface area (TPSA) is 29.9 Å². The molecule has 0 spiro atoms. The number of hydrogen-bond acceptors (Lipinski definition) is 2. The molecule has 56 valence electrons. The summed E-state index contributed by atoms with van der Waals surface area (Å²) in [5, 5.41) is 0. The number of nitrogens with zero attached hydrogens (tertiary/aromatic N) is 2. The molecule has 0 aliphatic heterocycles. The predicted octanol–water partition coefficient (Wildman–Crippen LogP) is 1.23. The highest BCUT2D eigenvalue weighted by molar-refractivity contribution is 4.89. The number of nitrogens with one attached hydrogen (secondary N) is 1. The third-order valence-corrected chi connectivity index (χ3v) is 0.969. The average Bonchev–Trinajstić information content (AvgIpc) is 2.12. The van der Waals surface area contributed by atoms with Crippen molar-refractivity contribution in [3.8, 4) is 0 Å². The van der Waals surface area contributed by atoms with Gasteiger partial charge in [0.25, 0.3) is 0 Å². The van der Waals surface area contributed by atoms with Crippen molar-refractivity contribution in [3.63, 3.8) is 0 Å². The summed E-state index contributed by atoms with van der Waals surface area (Å²) in [5.74, 6) is 0. The third kappa shape index (κ3) is 2.09. The van der Waals surface area contributed by atoms with Gasteiger partial charge in [-0.15, -0.1) is 0 Å². The van der Waals surface area contributed by atoms with Crippen LogP contribution in [-0.4, -0.2) is 15.2 Å². The Morgan fingerprint density at radius 3 is 2.50 bits per heavy atom. The molecule has 3 nitrogen and oxygen atoms in total. The maximum Gasteiger partial charge on any atom is 0.114 e. The predicted molar refractivity (Wildman–Crippen MR) is 41.3 cm³/mol. The molecule has 0 fully saturated rings. The normalized spacial score (nSPS) is 11.5. The van der Waals surface area contributed by atoms with Crippen LogP contribution in [0.25, 0.3) is 0 Å². The first kappa shape index (κ1) is 7.12. The summed E-state index contributed by atoms with van der Waals surface area (Å²) in [6, 6.07) is 0. The highest BCUT2D eigenvalue weighted by Crippen LogP contribution is 2.00. The molecule has 0 unspecified atom stereocenters. The van der Waals surface area contributed by atoms with E-state index in [1.54, 1.807) is 12.5 Å². The lowest BCUT2D eigenvalue weighted by Crippen LogP contribution is -2.33. The van der Waals surface area contributed by atoms with Gasteiger partial charge in [0.1, 0.15) is 6.33 Å². The molecule has 3 heteroatoms. The number of imidazole rings is 1. The molecule has 0 saturated carbocycles. The lowest BCUT2D eigenvalue weighted by atomic mass is 10.1. The second kappa shape index (κ2) is 2.33. The molecule has 0 atom stereocenters. The summed E-state index contributed by atoms with van der Waals surface area (Å²) in [6.45, 7) is 6.31. The maximum atomic E-state index is 3.91. The van der Waals surface area contributed by atoms with Crippen LogP contribution in [0.15, 0.2) is 18.7 Å². The Labute approximate surface area is 61.0 Å². The quantitative estimate of drug-likeness (QED) is 0.634. The molecule has 10 heavy (non-hydrogen) atoms. The molecule has 1 N–H and O–H groups in total. The summed E-state index contributed by atoms with van der Waals surface area (Å²) in [5.41, 5.74) is 3.31. The highest BCUT2D eigenvalue weighted by atomic mass is 15.4. The smallest absolute Gasteiger partial charge is 0.114 e. The first-order valence-corrected chi connectivity index (χ1v) is 3.34. The zero-order chi connectivity index (χ0) is 7.61. The Bertz CT molecular complexity index is 183. The molecular weight excluding hydrogens is 126 g/mol. The molecule has 1 aromatic rings. The van der Waals surface area contributed by atoms with Crippen LogP contribution in [0.3, 0.4) is 0 Å². The Morgan fingerprint density at radius 2 is 2.10 bits per heavy atom. The molecule has 1 rings (SSSR count). The van der Waals surface area contributed by atoms with E-state index in [0.717, 1.165) is 0 Å². The summed E-state index contributed by atoms with van der Waals surface area (Å²) < 4.78 is 1.85. The van der Waals surface area contributed by atoms with Crippen molar-refractivity contribution < 1.29 is 0 Å². The van der Waals surface area contributed by atoms with E-state index in [1.807, 2.05) is 10.9 Å². The fourth-order valence-electron chi connectivity index (χ4n) is 0.713. The van der Waals surface area contributed by atoms with Crippen LogP contribution in [-0.2, 0) is 0 Å². The second-order valence-corrected chi connectivity index (χ2v) is 3.33. The van der Waals surface area contributed by atoms with E-state index in [1.165, 1.54) is 0 Å². The minimum absolute atomic E-state index is 0.0979. The molecule has 0 bridgehead atoms. The van der Waals surface area contributed by atoms with Crippen LogP contribution in [0.4, 0.5) is 0 Å². The second-order valence-electron chi connectivity index (χ2n) is 3.33. The largest absolute Gasteiger partial charge is 0.320 e. The van der Waals surface area contributed by atoms with Gasteiger partial charge in [0.2, 0.25) is 0 Å². The van der Waals surface area contributed by atoms with Gasteiger partial charge in [-0.3, -0.25) is 4.68 Å². The molecule has 0 aliphatic rings. The fourth-order valence-corrected chi connectivity index (χ4v) is 0.713. The maximum absolute atomic E-state index is 3.91. The SMILES string of the molecule is CC(C)(C)Nn1ccnc1. The van der Waals surface area contributed by atoms with Crippen molar-refractivity contribution in [2.45, 2.75) is 26.3 Å². The zero-order valence-corrected chi connectivity index (χ0v) is 6.63. The van der Waals surface area contributed by atoms with Gasteiger partial charge in [0.05, 0.1) is 0 Å². The van der Waals surface area contributed by atoms with Crippen LogP contribution in [0.1, 0.15) is 20.8 Å². The fraction of sp³-hybridized carbons (Fsp3) is 0.571. The van der Waals surface area contributed by atoms with Crippen LogP contribution in [0.5, 0.6) is 0 Å². The van der Waals surface area contributed by atoms with Crippen molar-refractivity contribution in [1.29, 1.82) is 0 Å². The van der Waals surface area contributed by atoms with Crippen LogP contribution in [0, 0.1) is 0 Å². The first-order valence-electron chi connectivity index (χ1n) is 3.34. The Balaban J connectivity index is 2.57. The summed E-state index contributed by atoms with van der Waals surface area (Å²) in [7, 11) is 0. The van der Waals surface area contributed by atoms with Crippen molar-refractivity contribution in [2.75, 3.05) is 5.43 Å². The molecule has 0 amide bonds. The van der Waals surface area contributed by atoms with Gasteiger partial charge in [0.15, 0.2) is 0 Å². The average molecular weight is 139 g/mol. The lowest BCUT2D eigenvalue weighted by Gasteiger charge is -2.21. The van der Waals surface area contributed by atoms with Crippen molar-refractivity contribution in [2.24, 2.45) is 0 Å². The Morgan fingerprint density at radius 1 is 1.40 bits per heavy atom. The highest BCUT2D eigenvalue weighted by Gasteiger charge is 2.07. The molecule has 1 aromatic heterocycles. The lowest BCUT2D eigenvalue weighted by molar-refractivity contribution is 0.554. The van der Waals surface area contributed by atoms with E-state index in [2.05, 4.69) is 31.2 Å². The third-order valence-electron chi connectivity index (χ3n) is 0.969. The van der Waals surface area contributed by atoms with Gasteiger partial charge >= 0.3 is 0 Å². The van der Waals surface area contributed by atoms with Gasteiger partial charge in [0, 0.05) is 17.9 Å². The van der Waals surface area contributed by atoms with Crippen LogP contribution >= 0.6 is 0 Å². The molecule has 0 aliphatic carbocycles. The summed E-state index contributed by atoms with van der Waals surface area (Å²) in [4.78, 5) is 3.91. The minimum Gasteiger partial charge on any atom is -0.320 e. The minimum atomic E-state index is 0.0979. The number of rotatable bonds is 1. The van der Waals surface area contributed by atoms with E-state index in [-0.39, 0.29) is 5.54 Å². The van der Waals surface area contributed by atoms with Gasteiger partial charge in [-0.2, -0.15) is 0 Å². The number of hydrogen-bond donors (Lipinski definition) is 1. The standard InChI is InChI=1S/C7H13N3/c1-7(2,3)9-10-5-4-8-6-10/h4-6,9H,1-3H3. The van der Waals surface area contributed by atoms with E-state index < -0.39 is 0 Å². The van der Waals surface area contributed by atoms with Gasteiger partial charge in [-0.05, 0) is 20.8 Å². The van der Waals surface area contributed by atoms with E-state index in [9.17, 15) is 0 Å². The van der Waals surface area contributed by atoms with E-state index in [0.29, 0.717) is 0 Å². The molecule has 0 saturated heterocycles. The molecule has 1 heterocycles. The van der Waals surface area contributed by atoms with Gasteiger partial charge in [-0.1, -0.05) is 0 Å². The Hall–Kier alpha value is -0.990. The van der Waals surface area contributed by atoms with Crippen molar-refractivity contribution in [3.05, 3.63) is 18.7 Å². The van der Waals surface area contributed by atoms with Crippen molar-refractivity contribution >= 4 is 0 Å². The van der Waals surface area contributed by atoms with E-state index >= 15 is 0 Å². The monoisotopic (exact) mass is 139 g/mol.